The molecule has 1 aliphatic rings. The Labute approximate surface area is 112 Å². The molecule has 2 rings (SSSR count). The molecule has 1 saturated heterocycles. The van der Waals surface area contributed by atoms with Crippen molar-refractivity contribution >= 4 is 5.91 Å². The van der Waals surface area contributed by atoms with E-state index in [1.54, 1.807) is 0 Å². The van der Waals surface area contributed by atoms with E-state index >= 15 is 0 Å². The zero-order chi connectivity index (χ0) is 13.9. The van der Waals surface area contributed by atoms with Crippen molar-refractivity contribution in [2.45, 2.75) is 26.1 Å². The molecule has 2 unspecified atom stereocenters. The van der Waals surface area contributed by atoms with Gasteiger partial charge in [0.05, 0.1) is 25.2 Å². The van der Waals surface area contributed by atoms with Crippen molar-refractivity contribution in [3.05, 3.63) is 35.4 Å². The second-order valence-electron chi connectivity index (χ2n) is 5.20. The molecule has 1 heterocycles. The van der Waals surface area contributed by atoms with Crippen LogP contribution < -0.4 is 11.1 Å². The van der Waals surface area contributed by atoms with E-state index in [0.29, 0.717) is 19.8 Å². The summed E-state index contributed by atoms with van der Waals surface area (Å²) in [5.74, 6) is -0.0799. The molecule has 0 radical (unpaired) electrons. The summed E-state index contributed by atoms with van der Waals surface area (Å²) < 4.78 is 5.26. The van der Waals surface area contributed by atoms with E-state index in [9.17, 15) is 4.79 Å². The number of aliphatic hydroxyl groups excluding tert-OH is 1. The molecule has 1 aliphatic heterocycles. The third-order valence-corrected chi connectivity index (χ3v) is 3.70. The van der Waals surface area contributed by atoms with Crippen molar-refractivity contribution in [2.24, 2.45) is 11.1 Å². The van der Waals surface area contributed by atoms with Gasteiger partial charge in [-0.05, 0) is 18.1 Å². The minimum atomic E-state index is -0.648. The quantitative estimate of drug-likeness (QED) is 0.723. The van der Waals surface area contributed by atoms with Crippen LogP contribution in [0, 0.1) is 5.41 Å². The summed E-state index contributed by atoms with van der Waals surface area (Å²) in [4.78, 5) is 12.2. The molecule has 0 bridgehead atoms. The first kappa shape index (κ1) is 14.0. The number of hydrogen-bond acceptors (Lipinski definition) is 4. The van der Waals surface area contributed by atoms with Crippen molar-refractivity contribution in [2.75, 3.05) is 13.2 Å². The smallest absolute Gasteiger partial charge is 0.230 e. The zero-order valence-electron chi connectivity index (χ0n) is 11.1. The lowest BCUT2D eigenvalue weighted by atomic mass is 9.85. The number of carbonyl (C=O) groups excluding carboxylic acids is 1. The fourth-order valence-electron chi connectivity index (χ4n) is 2.07. The Balaban J connectivity index is 1.92. The maximum absolute atomic E-state index is 12.2. The minimum Gasteiger partial charge on any atom is -0.392 e. The number of ether oxygens (including phenoxy) is 1. The summed E-state index contributed by atoms with van der Waals surface area (Å²) >= 11 is 0. The first-order chi connectivity index (χ1) is 9.06. The molecule has 0 aromatic heterocycles. The highest BCUT2D eigenvalue weighted by atomic mass is 16.5. The summed E-state index contributed by atoms with van der Waals surface area (Å²) in [6.07, 6.45) is 0. The molecule has 5 heteroatoms. The number of benzene rings is 1. The minimum absolute atomic E-state index is 0.0247. The van der Waals surface area contributed by atoms with Crippen molar-refractivity contribution in [3.8, 4) is 0 Å². The molecule has 1 fully saturated rings. The molecule has 1 aromatic rings. The van der Waals surface area contributed by atoms with Crippen molar-refractivity contribution in [3.63, 3.8) is 0 Å². The Morgan fingerprint density at radius 3 is 2.63 bits per heavy atom. The molecule has 4 N–H and O–H groups in total. The molecular weight excluding hydrogens is 244 g/mol. The fourth-order valence-corrected chi connectivity index (χ4v) is 2.07. The van der Waals surface area contributed by atoms with Crippen molar-refractivity contribution in [1.29, 1.82) is 0 Å². The molecule has 104 valence electrons. The number of nitrogens with two attached hydrogens (primary N) is 1. The van der Waals surface area contributed by atoms with Gasteiger partial charge in [0.2, 0.25) is 5.91 Å². The van der Waals surface area contributed by atoms with Crippen LogP contribution in [0.2, 0.25) is 0 Å². The highest BCUT2D eigenvalue weighted by Crippen LogP contribution is 2.27. The topological polar surface area (TPSA) is 84.6 Å². The van der Waals surface area contributed by atoms with Crippen LogP contribution in [-0.2, 0) is 22.7 Å². The molecule has 5 nitrogen and oxygen atoms in total. The summed E-state index contributed by atoms with van der Waals surface area (Å²) in [5.41, 5.74) is 7.10. The van der Waals surface area contributed by atoms with Crippen LogP contribution in [0.4, 0.5) is 0 Å². The van der Waals surface area contributed by atoms with Gasteiger partial charge in [0.1, 0.15) is 0 Å². The number of amides is 1. The summed E-state index contributed by atoms with van der Waals surface area (Å²) in [6, 6.07) is 7.20. The zero-order valence-corrected chi connectivity index (χ0v) is 11.1. The number of carbonyl (C=O) groups is 1. The third kappa shape index (κ3) is 2.94. The Kier molecular flexibility index (Phi) is 4.19. The van der Waals surface area contributed by atoms with Crippen LogP contribution in [0.5, 0.6) is 0 Å². The van der Waals surface area contributed by atoms with Crippen molar-refractivity contribution in [1.82, 2.24) is 5.32 Å². The van der Waals surface area contributed by atoms with Gasteiger partial charge >= 0.3 is 0 Å². The Bertz CT molecular complexity index is 447. The molecule has 2 atom stereocenters. The van der Waals surface area contributed by atoms with E-state index in [4.69, 9.17) is 15.6 Å². The highest BCUT2D eigenvalue weighted by molar-refractivity contribution is 5.83. The Morgan fingerprint density at radius 2 is 2.11 bits per heavy atom. The van der Waals surface area contributed by atoms with E-state index in [1.807, 2.05) is 31.2 Å². The number of aliphatic hydroxyl groups is 1. The molecule has 0 spiro atoms. The number of hydrogen-bond donors (Lipinski definition) is 3. The SMILES string of the molecule is CC1(C(=O)NCc2ccc(CO)cc2)COCC1N. The van der Waals surface area contributed by atoms with Crippen molar-refractivity contribution < 1.29 is 14.6 Å². The standard InChI is InChI=1S/C14H20N2O3/c1-14(9-19-8-12(14)15)13(18)16-6-10-2-4-11(7-17)5-3-10/h2-5,12,17H,6-9,15H2,1H3,(H,16,18). The van der Waals surface area contributed by atoms with Crippen LogP contribution in [0.15, 0.2) is 24.3 Å². The van der Waals surface area contributed by atoms with Gasteiger partial charge in [0.25, 0.3) is 0 Å². The van der Waals surface area contributed by atoms with Gasteiger partial charge in [0.15, 0.2) is 0 Å². The third-order valence-electron chi connectivity index (χ3n) is 3.70. The maximum atomic E-state index is 12.2. The van der Waals surface area contributed by atoms with Crippen LogP contribution in [0.3, 0.4) is 0 Å². The predicted molar refractivity (Wildman–Crippen MR) is 71.1 cm³/mol. The average Bonchev–Trinajstić information content (AvgIpc) is 2.78. The second-order valence-corrected chi connectivity index (χ2v) is 5.20. The Hall–Kier alpha value is -1.43. The first-order valence-corrected chi connectivity index (χ1v) is 6.36. The lowest BCUT2D eigenvalue weighted by Crippen LogP contribution is -2.49. The fraction of sp³-hybridized carbons (Fsp3) is 0.500. The molecule has 1 aromatic carbocycles. The van der Waals surface area contributed by atoms with E-state index in [0.717, 1.165) is 11.1 Å². The van der Waals surface area contributed by atoms with E-state index in [2.05, 4.69) is 5.32 Å². The highest BCUT2D eigenvalue weighted by Gasteiger charge is 2.44. The lowest BCUT2D eigenvalue weighted by molar-refractivity contribution is -0.130. The average molecular weight is 264 g/mol. The van der Waals surface area contributed by atoms with Crippen LogP contribution in [0.25, 0.3) is 0 Å². The normalized spacial score (nSPS) is 26.4. The predicted octanol–water partition coefficient (Wildman–Crippen LogP) is 0.159. The van der Waals surface area contributed by atoms with Crippen LogP contribution >= 0.6 is 0 Å². The summed E-state index contributed by atoms with van der Waals surface area (Å²) in [6.45, 7) is 3.09. The van der Waals surface area contributed by atoms with Crippen LogP contribution in [0.1, 0.15) is 18.1 Å². The number of rotatable bonds is 4. The molecule has 1 amide bonds. The van der Waals surface area contributed by atoms with Gasteiger partial charge in [-0.1, -0.05) is 24.3 Å². The van der Waals surface area contributed by atoms with Gasteiger partial charge in [-0.3, -0.25) is 4.79 Å². The van der Waals surface area contributed by atoms with E-state index in [1.165, 1.54) is 0 Å². The second kappa shape index (κ2) is 5.69. The van der Waals surface area contributed by atoms with Gasteiger partial charge in [-0.25, -0.2) is 0 Å². The summed E-state index contributed by atoms with van der Waals surface area (Å²) in [7, 11) is 0. The Morgan fingerprint density at radius 1 is 1.47 bits per heavy atom. The van der Waals surface area contributed by atoms with Gasteiger partial charge in [-0.15, -0.1) is 0 Å². The first-order valence-electron chi connectivity index (χ1n) is 6.36. The van der Waals surface area contributed by atoms with Gasteiger partial charge in [-0.2, -0.15) is 0 Å². The van der Waals surface area contributed by atoms with Crippen LogP contribution in [-0.4, -0.2) is 30.3 Å². The van der Waals surface area contributed by atoms with Gasteiger partial charge in [0, 0.05) is 12.6 Å². The maximum Gasteiger partial charge on any atom is 0.230 e. The lowest BCUT2D eigenvalue weighted by Gasteiger charge is -2.25. The van der Waals surface area contributed by atoms with E-state index < -0.39 is 5.41 Å². The molecule has 0 aliphatic carbocycles. The van der Waals surface area contributed by atoms with E-state index in [-0.39, 0.29) is 18.6 Å². The molecule has 0 saturated carbocycles. The monoisotopic (exact) mass is 264 g/mol. The number of nitrogens with one attached hydrogen (secondary N) is 1. The summed E-state index contributed by atoms with van der Waals surface area (Å²) in [5, 5.41) is 11.8. The molecule has 19 heavy (non-hydrogen) atoms. The van der Waals surface area contributed by atoms with Gasteiger partial charge < -0.3 is 20.9 Å². The molecular formula is C14H20N2O3. The largest absolute Gasteiger partial charge is 0.392 e.